The number of ketones is 1. The van der Waals surface area contributed by atoms with Crippen molar-refractivity contribution in [2.75, 3.05) is 14.1 Å². The maximum atomic E-state index is 9.87. The van der Waals surface area contributed by atoms with Crippen LogP contribution in [0.4, 0.5) is 0 Å². The van der Waals surface area contributed by atoms with E-state index in [4.69, 9.17) is 5.11 Å². The number of carboxylic acids is 1. The van der Waals surface area contributed by atoms with Crippen LogP contribution >= 0.6 is 0 Å². The van der Waals surface area contributed by atoms with E-state index in [-0.39, 0.29) is 12.2 Å². The Bertz CT molecular complexity index is 99.6. The fraction of sp³-hybridized carbons (Fsp3) is 0.667. The molecule has 4 nitrogen and oxygen atoms in total. The Morgan fingerprint density at radius 3 is 1.70 bits per heavy atom. The number of Topliss-reactive ketones (excluding diaryl/α,β-unsaturated/α-hetero) is 1. The molecule has 0 heterocycles. The Hall–Kier alpha value is -0.900. The molecule has 0 fully saturated rings. The van der Waals surface area contributed by atoms with Gasteiger partial charge in [-0.05, 0) is 21.0 Å². The van der Waals surface area contributed by atoms with Crippen LogP contribution in [0.1, 0.15) is 13.3 Å². The van der Waals surface area contributed by atoms with Gasteiger partial charge >= 0.3 is 5.97 Å². The molecule has 0 unspecified atom stereocenters. The highest BCUT2D eigenvalue weighted by atomic mass is 16.4. The minimum absolute atomic E-state index is 0.312. The van der Waals surface area contributed by atoms with Gasteiger partial charge in [0, 0.05) is 0 Å². The second-order valence-corrected chi connectivity index (χ2v) is 1.77. The van der Waals surface area contributed by atoms with Gasteiger partial charge in [-0.25, -0.2) is 0 Å². The Morgan fingerprint density at radius 1 is 1.40 bits per heavy atom. The van der Waals surface area contributed by atoms with Crippen LogP contribution in [0, 0.1) is 0 Å². The molecule has 0 bridgehead atoms. The zero-order chi connectivity index (χ0) is 8.57. The third-order valence-electron chi connectivity index (χ3n) is 0.400. The first-order valence-electron chi connectivity index (χ1n) is 2.84. The number of nitrogens with one attached hydrogen (secondary N) is 1. The van der Waals surface area contributed by atoms with Crippen molar-refractivity contribution in [2.45, 2.75) is 13.3 Å². The Morgan fingerprint density at radius 2 is 1.70 bits per heavy atom. The molecule has 0 radical (unpaired) electrons. The molecule has 0 aliphatic carbocycles. The summed E-state index contributed by atoms with van der Waals surface area (Å²) in [6, 6.07) is 0. The van der Waals surface area contributed by atoms with Gasteiger partial charge < -0.3 is 10.4 Å². The van der Waals surface area contributed by atoms with Gasteiger partial charge in [0.2, 0.25) is 0 Å². The molecule has 0 rings (SSSR count). The lowest BCUT2D eigenvalue weighted by molar-refractivity contribution is -0.139. The molecule has 0 aliphatic heterocycles. The first kappa shape index (κ1) is 11.8. The van der Waals surface area contributed by atoms with Crippen molar-refractivity contribution in [3.8, 4) is 0 Å². The van der Waals surface area contributed by atoms with E-state index in [2.05, 4.69) is 5.32 Å². The number of rotatable bonds is 2. The maximum absolute atomic E-state index is 9.87. The van der Waals surface area contributed by atoms with E-state index in [9.17, 15) is 9.59 Å². The summed E-state index contributed by atoms with van der Waals surface area (Å²) >= 11 is 0. The van der Waals surface area contributed by atoms with Crippen LogP contribution < -0.4 is 5.32 Å². The molecular formula is C6H13NO3. The first-order chi connectivity index (χ1) is 4.54. The largest absolute Gasteiger partial charge is 0.481 e. The molecule has 0 aromatic rings. The Labute approximate surface area is 60.2 Å². The summed E-state index contributed by atoms with van der Waals surface area (Å²) in [6.07, 6.45) is -0.361. The highest BCUT2D eigenvalue weighted by Crippen LogP contribution is 1.77. The first-order valence-corrected chi connectivity index (χ1v) is 2.84. The zero-order valence-corrected chi connectivity index (χ0v) is 6.47. The van der Waals surface area contributed by atoms with Gasteiger partial charge in [-0.3, -0.25) is 9.59 Å². The number of aliphatic carboxylic acids is 1. The molecule has 0 aliphatic rings. The summed E-state index contributed by atoms with van der Waals surface area (Å²) in [5, 5.41) is 10.6. The van der Waals surface area contributed by atoms with E-state index in [1.807, 2.05) is 14.1 Å². The number of hydrogen-bond acceptors (Lipinski definition) is 3. The minimum Gasteiger partial charge on any atom is -0.481 e. The minimum atomic E-state index is -1.06. The SMILES string of the molecule is CC(=O)CC(=O)O.CNC. The molecule has 0 saturated heterocycles. The van der Waals surface area contributed by atoms with Crippen molar-refractivity contribution < 1.29 is 14.7 Å². The van der Waals surface area contributed by atoms with E-state index in [0.29, 0.717) is 0 Å². The molecule has 2 N–H and O–H groups in total. The van der Waals surface area contributed by atoms with Crippen molar-refractivity contribution in [1.82, 2.24) is 5.32 Å². The average Bonchev–Trinajstić information content (AvgIpc) is 1.62. The molecule has 4 heteroatoms. The number of carbonyl (C=O) groups is 2. The van der Waals surface area contributed by atoms with Crippen LogP contribution in [-0.4, -0.2) is 31.0 Å². The maximum Gasteiger partial charge on any atom is 0.310 e. The van der Waals surface area contributed by atoms with Crippen molar-refractivity contribution in [3.05, 3.63) is 0 Å². The second-order valence-electron chi connectivity index (χ2n) is 1.77. The predicted octanol–water partition coefficient (Wildman–Crippen LogP) is -0.114. The lowest BCUT2D eigenvalue weighted by Gasteiger charge is -1.80. The van der Waals surface area contributed by atoms with Crippen LogP contribution in [0.3, 0.4) is 0 Å². The van der Waals surface area contributed by atoms with Gasteiger partial charge in [0.05, 0.1) is 0 Å². The molecule has 0 aromatic carbocycles. The van der Waals surface area contributed by atoms with E-state index in [1.165, 1.54) is 6.92 Å². The fourth-order valence-electron chi connectivity index (χ4n) is 0.213. The highest BCUT2D eigenvalue weighted by Gasteiger charge is 1.98. The van der Waals surface area contributed by atoms with E-state index in [0.717, 1.165) is 0 Å². The lowest BCUT2D eigenvalue weighted by atomic mass is 10.3. The molecule has 0 aromatic heterocycles. The van der Waals surface area contributed by atoms with Gasteiger partial charge in [-0.15, -0.1) is 0 Å². The summed E-state index contributed by atoms with van der Waals surface area (Å²) in [5.41, 5.74) is 0. The second kappa shape index (κ2) is 8.10. The highest BCUT2D eigenvalue weighted by molar-refractivity contribution is 5.93. The summed E-state index contributed by atoms with van der Waals surface area (Å²) in [6.45, 7) is 1.24. The van der Waals surface area contributed by atoms with Crippen LogP contribution in [0.15, 0.2) is 0 Å². The number of carbonyl (C=O) groups excluding carboxylic acids is 1. The molecule has 0 saturated carbocycles. The van der Waals surface area contributed by atoms with E-state index in [1.54, 1.807) is 0 Å². The Kier molecular flexibility index (Phi) is 9.59. The van der Waals surface area contributed by atoms with Crippen molar-refractivity contribution >= 4 is 11.8 Å². The third kappa shape index (κ3) is 27.5. The van der Waals surface area contributed by atoms with E-state index >= 15 is 0 Å². The monoisotopic (exact) mass is 147 g/mol. The summed E-state index contributed by atoms with van der Waals surface area (Å²) in [4.78, 5) is 19.5. The molecule has 0 spiro atoms. The third-order valence-corrected chi connectivity index (χ3v) is 0.400. The van der Waals surface area contributed by atoms with Crippen LogP contribution in [-0.2, 0) is 9.59 Å². The predicted molar refractivity (Wildman–Crippen MR) is 37.9 cm³/mol. The van der Waals surface area contributed by atoms with E-state index < -0.39 is 5.97 Å². The van der Waals surface area contributed by atoms with Gasteiger partial charge in [0.15, 0.2) is 0 Å². The number of hydrogen-bond donors (Lipinski definition) is 2. The van der Waals surface area contributed by atoms with Crippen molar-refractivity contribution in [1.29, 1.82) is 0 Å². The molecular weight excluding hydrogens is 134 g/mol. The fourth-order valence-corrected chi connectivity index (χ4v) is 0.213. The number of carboxylic acid groups (broad SMARTS) is 1. The average molecular weight is 147 g/mol. The van der Waals surface area contributed by atoms with Gasteiger partial charge in [-0.2, -0.15) is 0 Å². The van der Waals surface area contributed by atoms with Gasteiger partial charge in [0.1, 0.15) is 12.2 Å². The van der Waals surface area contributed by atoms with Gasteiger partial charge in [0.25, 0.3) is 0 Å². The van der Waals surface area contributed by atoms with Crippen molar-refractivity contribution in [3.63, 3.8) is 0 Å². The smallest absolute Gasteiger partial charge is 0.310 e. The zero-order valence-electron chi connectivity index (χ0n) is 6.47. The lowest BCUT2D eigenvalue weighted by Crippen LogP contribution is -2.00. The molecule has 0 amide bonds. The quantitative estimate of drug-likeness (QED) is 0.535. The molecule has 0 atom stereocenters. The van der Waals surface area contributed by atoms with Crippen LogP contribution in [0.2, 0.25) is 0 Å². The van der Waals surface area contributed by atoms with Crippen LogP contribution in [0.5, 0.6) is 0 Å². The van der Waals surface area contributed by atoms with Crippen LogP contribution in [0.25, 0.3) is 0 Å². The Balaban J connectivity index is 0. The summed E-state index contributed by atoms with van der Waals surface area (Å²) < 4.78 is 0. The summed E-state index contributed by atoms with van der Waals surface area (Å²) in [7, 11) is 3.75. The normalized spacial score (nSPS) is 7.50. The molecule has 10 heavy (non-hydrogen) atoms. The standard InChI is InChI=1S/C4H6O3.C2H7N/c1-3(5)2-4(6)7;1-3-2/h2H2,1H3,(H,6,7);3H,1-2H3. The molecule has 60 valence electrons. The topological polar surface area (TPSA) is 66.4 Å². The summed E-state index contributed by atoms with van der Waals surface area (Å²) in [5.74, 6) is -1.37. The van der Waals surface area contributed by atoms with Crippen molar-refractivity contribution in [2.24, 2.45) is 0 Å². The van der Waals surface area contributed by atoms with Gasteiger partial charge in [-0.1, -0.05) is 0 Å².